The van der Waals surface area contributed by atoms with Gasteiger partial charge in [0.05, 0.1) is 16.7 Å². The molecule has 2 aromatic heterocycles. The molecule has 9 heavy (non-hydrogen) atoms. The highest BCUT2D eigenvalue weighted by atomic mass is 15.1. The van der Waals surface area contributed by atoms with Crippen molar-refractivity contribution in [2.75, 3.05) is 0 Å². The quantitative estimate of drug-likeness (QED) is 0.540. The Labute approximate surface area is 52.1 Å². The smallest absolute Gasteiger partial charge is 0.0868 e. The van der Waals surface area contributed by atoms with Gasteiger partial charge in [0, 0.05) is 6.20 Å². The van der Waals surface area contributed by atoms with Crippen molar-refractivity contribution < 1.29 is 0 Å². The third-order valence-electron chi connectivity index (χ3n) is 1.45. The maximum absolute atomic E-state index is 4.00. The van der Waals surface area contributed by atoms with Gasteiger partial charge in [-0.2, -0.15) is 5.10 Å². The average Bonchev–Trinajstić information content (AvgIpc) is 2.35. The van der Waals surface area contributed by atoms with Crippen molar-refractivity contribution in [3.8, 4) is 0 Å². The Hall–Kier alpha value is -1.25. The summed E-state index contributed by atoms with van der Waals surface area (Å²) in [6.45, 7) is 1.97. The first-order valence-corrected chi connectivity index (χ1v) is 2.86. The molecule has 3 nitrogen and oxygen atoms in total. The maximum Gasteiger partial charge on any atom is 0.0868 e. The molecule has 0 unspecified atom stereocenters. The SMILES string of the molecule is Cc1n[nH]c2cc[nH]c12. The molecule has 0 aliphatic carbocycles. The summed E-state index contributed by atoms with van der Waals surface area (Å²) in [5, 5.41) is 6.89. The monoisotopic (exact) mass is 121 g/mol. The van der Waals surface area contributed by atoms with E-state index in [1.165, 1.54) is 0 Å². The number of hydrogen-bond acceptors (Lipinski definition) is 1. The topological polar surface area (TPSA) is 44.5 Å². The van der Waals surface area contributed by atoms with Crippen LogP contribution in [0.4, 0.5) is 0 Å². The number of H-pyrrole nitrogens is 2. The second-order valence-corrected chi connectivity index (χ2v) is 2.08. The van der Waals surface area contributed by atoms with E-state index in [9.17, 15) is 0 Å². The first-order chi connectivity index (χ1) is 4.38. The van der Waals surface area contributed by atoms with E-state index in [2.05, 4.69) is 15.2 Å². The molecule has 2 N–H and O–H groups in total. The fourth-order valence-electron chi connectivity index (χ4n) is 0.962. The Bertz CT molecular complexity index is 317. The standard InChI is InChI=1S/C6H7N3/c1-4-6-5(9-8-4)2-3-7-6/h2-3,7H,1H3,(H,8,9). The van der Waals surface area contributed by atoms with Gasteiger partial charge in [0.25, 0.3) is 0 Å². The third-order valence-corrected chi connectivity index (χ3v) is 1.45. The number of rotatable bonds is 0. The van der Waals surface area contributed by atoms with E-state index in [4.69, 9.17) is 0 Å². The molecule has 0 aromatic carbocycles. The minimum atomic E-state index is 1.02. The number of nitrogens with one attached hydrogen (secondary N) is 2. The van der Waals surface area contributed by atoms with Gasteiger partial charge < -0.3 is 4.98 Å². The highest BCUT2D eigenvalue weighted by Crippen LogP contribution is 2.10. The lowest BCUT2D eigenvalue weighted by molar-refractivity contribution is 1.06. The molecule has 0 aliphatic rings. The minimum absolute atomic E-state index is 1.02. The molecule has 0 saturated carbocycles. The van der Waals surface area contributed by atoms with E-state index in [0.29, 0.717) is 0 Å². The van der Waals surface area contributed by atoms with Gasteiger partial charge in [0.2, 0.25) is 0 Å². The van der Waals surface area contributed by atoms with Gasteiger partial charge in [-0.15, -0.1) is 0 Å². The van der Waals surface area contributed by atoms with Gasteiger partial charge in [-0.05, 0) is 13.0 Å². The number of fused-ring (bicyclic) bond motifs is 1. The van der Waals surface area contributed by atoms with Crippen molar-refractivity contribution in [2.24, 2.45) is 0 Å². The molecule has 0 fully saturated rings. The number of nitrogens with zero attached hydrogens (tertiary/aromatic N) is 1. The molecule has 0 spiro atoms. The zero-order valence-electron chi connectivity index (χ0n) is 5.10. The number of aromatic nitrogens is 3. The van der Waals surface area contributed by atoms with Gasteiger partial charge in [0.1, 0.15) is 0 Å². The molecule has 2 aromatic rings. The summed E-state index contributed by atoms with van der Waals surface area (Å²) in [7, 11) is 0. The zero-order chi connectivity index (χ0) is 6.27. The van der Waals surface area contributed by atoms with Gasteiger partial charge in [-0.3, -0.25) is 5.10 Å². The molecule has 2 rings (SSSR count). The molecule has 0 bridgehead atoms. The summed E-state index contributed by atoms with van der Waals surface area (Å²) in [5.74, 6) is 0. The van der Waals surface area contributed by atoms with Crippen LogP contribution in [0, 0.1) is 6.92 Å². The summed E-state index contributed by atoms with van der Waals surface area (Å²) < 4.78 is 0. The molecule has 46 valence electrons. The summed E-state index contributed by atoms with van der Waals surface area (Å²) in [5.41, 5.74) is 3.21. The van der Waals surface area contributed by atoms with E-state index in [1.807, 2.05) is 19.2 Å². The molecular weight excluding hydrogens is 114 g/mol. The van der Waals surface area contributed by atoms with Crippen molar-refractivity contribution in [1.82, 2.24) is 15.2 Å². The predicted octanol–water partition coefficient (Wildman–Crippen LogP) is 1.20. The summed E-state index contributed by atoms with van der Waals surface area (Å²) in [6, 6.07) is 1.97. The van der Waals surface area contributed by atoms with Crippen LogP contribution in [0.15, 0.2) is 12.3 Å². The average molecular weight is 121 g/mol. The molecule has 3 heteroatoms. The van der Waals surface area contributed by atoms with Crippen molar-refractivity contribution in [3.63, 3.8) is 0 Å². The van der Waals surface area contributed by atoms with E-state index in [0.717, 1.165) is 16.7 Å². The van der Waals surface area contributed by atoms with Crippen LogP contribution in [0.25, 0.3) is 11.0 Å². The van der Waals surface area contributed by atoms with Crippen molar-refractivity contribution in [2.45, 2.75) is 6.92 Å². The largest absolute Gasteiger partial charge is 0.358 e. The number of aryl methyl sites for hydroxylation is 1. The van der Waals surface area contributed by atoms with Crippen LogP contribution in [-0.2, 0) is 0 Å². The summed E-state index contributed by atoms with van der Waals surface area (Å²) in [4.78, 5) is 3.07. The van der Waals surface area contributed by atoms with Gasteiger partial charge >= 0.3 is 0 Å². The second kappa shape index (κ2) is 1.37. The molecule has 2 heterocycles. The van der Waals surface area contributed by atoms with Gasteiger partial charge in [-0.25, -0.2) is 0 Å². The van der Waals surface area contributed by atoms with Crippen LogP contribution < -0.4 is 0 Å². The minimum Gasteiger partial charge on any atom is -0.358 e. The highest BCUT2D eigenvalue weighted by Gasteiger charge is 1.98. The second-order valence-electron chi connectivity index (χ2n) is 2.08. The summed E-state index contributed by atoms with van der Waals surface area (Å²) >= 11 is 0. The van der Waals surface area contributed by atoms with Crippen LogP contribution in [0.5, 0.6) is 0 Å². The lowest BCUT2D eigenvalue weighted by atomic mass is 10.4. The molecule has 0 aliphatic heterocycles. The van der Waals surface area contributed by atoms with E-state index < -0.39 is 0 Å². The molecule has 0 atom stereocenters. The Morgan fingerprint density at radius 2 is 2.44 bits per heavy atom. The normalized spacial score (nSPS) is 10.8. The number of aromatic amines is 2. The Balaban J connectivity index is 2.99. The molecule has 0 amide bonds. The Morgan fingerprint density at radius 3 is 3.22 bits per heavy atom. The van der Waals surface area contributed by atoms with Crippen LogP contribution in [0.1, 0.15) is 5.69 Å². The molecule has 0 saturated heterocycles. The lowest BCUT2D eigenvalue weighted by Crippen LogP contribution is -1.70. The van der Waals surface area contributed by atoms with Crippen LogP contribution in [0.2, 0.25) is 0 Å². The third kappa shape index (κ3) is 0.483. The maximum atomic E-state index is 4.00. The van der Waals surface area contributed by atoms with E-state index >= 15 is 0 Å². The van der Waals surface area contributed by atoms with Crippen molar-refractivity contribution in [1.29, 1.82) is 0 Å². The number of hydrogen-bond donors (Lipinski definition) is 2. The van der Waals surface area contributed by atoms with Crippen LogP contribution in [-0.4, -0.2) is 15.2 Å². The molecular formula is C6H7N3. The van der Waals surface area contributed by atoms with E-state index in [-0.39, 0.29) is 0 Å². The first kappa shape index (κ1) is 4.61. The fraction of sp³-hybridized carbons (Fsp3) is 0.167. The van der Waals surface area contributed by atoms with Gasteiger partial charge in [-0.1, -0.05) is 0 Å². The highest BCUT2D eigenvalue weighted by molar-refractivity contribution is 5.76. The van der Waals surface area contributed by atoms with Crippen LogP contribution >= 0.6 is 0 Å². The van der Waals surface area contributed by atoms with E-state index in [1.54, 1.807) is 0 Å². The Morgan fingerprint density at radius 1 is 1.56 bits per heavy atom. The fourth-order valence-corrected chi connectivity index (χ4v) is 0.962. The summed E-state index contributed by atoms with van der Waals surface area (Å²) in [6.07, 6.45) is 1.90. The van der Waals surface area contributed by atoms with Crippen LogP contribution in [0.3, 0.4) is 0 Å². The van der Waals surface area contributed by atoms with Gasteiger partial charge in [0.15, 0.2) is 0 Å². The Kier molecular flexibility index (Phi) is 0.704. The first-order valence-electron chi connectivity index (χ1n) is 2.86. The lowest BCUT2D eigenvalue weighted by Gasteiger charge is -1.75. The molecule has 0 radical (unpaired) electrons. The van der Waals surface area contributed by atoms with Crippen molar-refractivity contribution in [3.05, 3.63) is 18.0 Å². The zero-order valence-corrected chi connectivity index (χ0v) is 5.10. The van der Waals surface area contributed by atoms with Crippen molar-refractivity contribution >= 4 is 11.0 Å². The predicted molar refractivity (Wildman–Crippen MR) is 35.2 cm³/mol.